The van der Waals surface area contributed by atoms with Gasteiger partial charge in [0.1, 0.15) is 5.69 Å². The minimum Gasteiger partial charge on any atom is -0.254 e. The molecule has 0 N–H and O–H groups in total. The van der Waals surface area contributed by atoms with Crippen LogP contribution in [0.25, 0.3) is 0 Å². The van der Waals surface area contributed by atoms with E-state index in [0.29, 0.717) is 6.07 Å². The molecule has 0 spiro atoms. The van der Waals surface area contributed by atoms with Gasteiger partial charge in [0.25, 0.3) is 0 Å². The Labute approximate surface area is 113 Å². The summed E-state index contributed by atoms with van der Waals surface area (Å²) in [5, 5.41) is -0.631. The molecule has 0 bridgehead atoms. The van der Waals surface area contributed by atoms with Crippen molar-refractivity contribution in [3.63, 3.8) is 0 Å². The Morgan fingerprint density at radius 1 is 1.25 bits per heavy atom. The van der Waals surface area contributed by atoms with Gasteiger partial charge in [-0.05, 0) is 18.6 Å². The van der Waals surface area contributed by atoms with Crippen LogP contribution in [-0.2, 0) is 15.7 Å². The molecule has 0 saturated carbocycles. The zero-order chi connectivity index (χ0) is 15.8. The number of rotatable bonds is 3. The predicted octanol–water partition coefficient (Wildman–Crippen LogP) is 3.52. The third-order valence-electron chi connectivity index (χ3n) is 2.95. The largest absolute Gasteiger partial charge is 0.459 e. The lowest BCUT2D eigenvalue weighted by Crippen LogP contribution is -2.34. The van der Waals surface area contributed by atoms with Crippen LogP contribution >= 0.6 is 0 Å². The first-order valence-corrected chi connectivity index (χ1v) is 7.42. The molecule has 1 aromatic rings. The molecule has 0 aromatic carbocycles. The lowest BCUT2D eigenvalue weighted by Gasteiger charge is -2.19. The summed E-state index contributed by atoms with van der Waals surface area (Å²) in [6.45, 7) is 1.54. The summed E-state index contributed by atoms with van der Waals surface area (Å²) in [5.74, 6) is -5.02. The lowest BCUT2D eigenvalue weighted by molar-refractivity contribution is -0.290. The van der Waals surface area contributed by atoms with Crippen LogP contribution in [-0.4, -0.2) is 28.7 Å². The molecule has 1 aromatic heterocycles. The van der Waals surface area contributed by atoms with Crippen LogP contribution in [0.15, 0.2) is 22.7 Å². The maximum atomic E-state index is 13.0. The SMILES string of the molecule is CN=S(C)(=O)C(C)c1ccc(C(F)(F)C(F)(F)F)nc1. The van der Waals surface area contributed by atoms with E-state index in [4.69, 9.17) is 0 Å². The van der Waals surface area contributed by atoms with E-state index >= 15 is 0 Å². The summed E-state index contributed by atoms with van der Waals surface area (Å²) in [6, 6.07) is 1.64. The molecule has 2 atom stereocenters. The van der Waals surface area contributed by atoms with Gasteiger partial charge in [0.05, 0.1) is 15.0 Å². The summed E-state index contributed by atoms with van der Waals surface area (Å²) in [4.78, 5) is 3.15. The van der Waals surface area contributed by atoms with Crippen molar-refractivity contribution in [3.8, 4) is 0 Å². The van der Waals surface area contributed by atoms with E-state index in [0.717, 1.165) is 12.3 Å². The molecule has 0 aliphatic heterocycles. The minimum absolute atomic E-state index is 0.282. The molecule has 2 unspecified atom stereocenters. The quantitative estimate of drug-likeness (QED) is 0.801. The zero-order valence-corrected chi connectivity index (χ0v) is 11.7. The molecule has 114 valence electrons. The molecular weight excluding hydrogens is 303 g/mol. The van der Waals surface area contributed by atoms with Crippen molar-refractivity contribution in [1.29, 1.82) is 0 Å². The number of pyridine rings is 1. The molecule has 0 aliphatic carbocycles. The van der Waals surface area contributed by atoms with Crippen LogP contribution < -0.4 is 0 Å². The van der Waals surface area contributed by atoms with Crippen LogP contribution in [0.4, 0.5) is 22.0 Å². The molecule has 0 radical (unpaired) electrons. The Bertz CT molecular complexity index is 588. The van der Waals surface area contributed by atoms with Crippen molar-refractivity contribution in [3.05, 3.63) is 29.6 Å². The molecular formula is C11H13F5N2OS. The van der Waals surface area contributed by atoms with Gasteiger partial charge in [-0.1, -0.05) is 6.07 Å². The zero-order valence-electron chi connectivity index (χ0n) is 10.9. The average Bonchev–Trinajstić information content (AvgIpc) is 2.36. The van der Waals surface area contributed by atoms with E-state index < -0.39 is 32.8 Å². The van der Waals surface area contributed by atoms with Crippen molar-refractivity contribution in [2.45, 2.75) is 24.3 Å². The van der Waals surface area contributed by atoms with Crippen molar-refractivity contribution in [2.24, 2.45) is 4.36 Å². The molecule has 1 heterocycles. The highest BCUT2D eigenvalue weighted by atomic mass is 32.2. The van der Waals surface area contributed by atoms with Crippen LogP contribution in [0, 0.1) is 0 Å². The highest BCUT2D eigenvalue weighted by Crippen LogP contribution is 2.43. The number of hydrogen-bond acceptors (Lipinski definition) is 3. The summed E-state index contributed by atoms with van der Waals surface area (Å²) >= 11 is 0. The van der Waals surface area contributed by atoms with Gasteiger partial charge in [-0.15, -0.1) is 0 Å². The van der Waals surface area contributed by atoms with E-state index in [-0.39, 0.29) is 5.56 Å². The van der Waals surface area contributed by atoms with E-state index in [1.807, 2.05) is 0 Å². The summed E-state index contributed by atoms with van der Waals surface area (Å²) in [7, 11) is -1.26. The second-order valence-corrected chi connectivity index (χ2v) is 7.03. The first kappa shape index (κ1) is 16.8. The molecule has 20 heavy (non-hydrogen) atoms. The van der Waals surface area contributed by atoms with Gasteiger partial charge in [0.15, 0.2) is 0 Å². The lowest BCUT2D eigenvalue weighted by atomic mass is 10.1. The van der Waals surface area contributed by atoms with Gasteiger partial charge in [-0.3, -0.25) is 4.98 Å². The fraction of sp³-hybridized carbons (Fsp3) is 0.545. The number of halogens is 5. The normalized spacial score (nSPS) is 17.4. The predicted molar refractivity (Wildman–Crippen MR) is 65.0 cm³/mol. The Morgan fingerprint density at radius 2 is 1.80 bits per heavy atom. The first-order chi connectivity index (χ1) is 8.93. The van der Waals surface area contributed by atoms with E-state index in [9.17, 15) is 26.2 Å². The summed E-state index contributed by atoms with van der Waals surface area (Å²) in [6.07, 6.45) is -3.46. The fourth-order valence-corrected chi connectivity index (χ4v) is 2.35. The molecule has 1 rings (SSSR count). The topological polar surface area (TPSA) is 42.3 Å². The van der Waals surface area contributed by atoms with Crippen LogP contribution in [0.3, 0.4) is 0 Å². The van der Waals surface area contributed by atoms with Gasteiger partial charge < -0.3 is 0 Å². The highest BCUT2D eigenvalue weighted by Gasteiger charge is 2.59. The Hall–Kier alpha value is -1.25. The van der Waals surface area contributed by atoms with Crippen molar-refractivity contribution >= 4 is 9.73 Å². The van der Waals surface area contributed by atoms with Gasteiger partial charge in [0, 0.05) is 19.5 Å². The molecule has 0 fully saturated rings. The molecule has 0 aliphatic rings. The van der Waals surface area contributed by atoms with Gasteiger partial charge in [0.2, 0.25) is 0 Å². The minimum atomic E-state index is -5.70. The number of hydrogen-bond donors (Lipinski definition) is 0. The van der Waals surface area contributed by atoms with Gasteiger partial charge in [-0.2, -0.15) is 22.0 Å². The Morgan fingerprint density at radius 3 is 2.15 bits per heavy atom. The smallest absolute Gasteiger partial charge is 0.254 e. The van der Waals surface area contributed by atoms with Crippen molar-refractivity contribution < 1.29 is 26.2 Å². The molecule has 3 nitrogen and oxygen atoms in total. The van der Waals surface area contributed by atoms with Gasteiger partial charge in [-0.25, -0.2) is 8.57 Å². The molecule has 0 amide bonds. The Kier molecular flexibility index (Phi) is 4.42. The van der Waals surface area contributed by atoms with Crippen molar-refractivity contribution in [1.82, 2.24) is 4.98 Å². The summed E-state index contributed by atoms with van der Waals surface area (Å²) in [5.41, 5.74) is -1.11. The molecule has 0 saturated heterocycles. The van der Waals surface area contributed by atoms with E-state index in [1.54, 1.807) is 0 Å². The van der Waals surface area contributed by atoms with Gasteiger partial charge >= 0.3 is 12.1 Å². The maximum absolute atomic E-state index is 13.0. The van der Waals surface area contributed by atoms with E-state index in [2.05, 4.69) is 9.35 Å². The maximum Gasteiger partial charge on any atom is 0.459 e. The van der Waals surface area contributed by atoms with E-state index in [1.165, 1.54) is 20.2 Å². The number of nitrogens with zero attached hydrogens (tertiary/aromatic N) is 2. The Balaban J connectivity index is 3.17. The number of aromatic nitrogens is 1. The standard InChI is InChI=1S/C11H13F5N2OS/c1-7(20(3,19)17-2)8-4-5-9(18-6-8)10(12,13)11(14,15)16/h4-7H,1-3H3. The molecule has 9 heteroatoms. The third kappa shape index (κ3) is 3.08. The second-order valence-electron chi connectivity index (χ2n) is 4.23. The van der Waals surface area contributed by atoms with Crippen LogP contribution in [0.2, 0.25) is 0 Å². The fourth-order valence-electron chi connectivity index (χ4n) is 1.39. The third-order valence-corrected chi connectivity index (χ3v) is 5.26. The van der Waals surface area contributed by atoms with Crippen LogP contribution in [0.5, 0.6) is 0 Å². The second kappa shape index (κ2) is 5.27. The number of alkyl halides is 5. The van der Waals surface area contributed by atoms with Crippen LogP contribution in [0.1, 0.15) is 23.4 Å². The average molecular weight is 316 g/mol. The highest BCUT2D eigenvalue weighted by molar-refractivity contribution is 7.93. The first-order valence-electron chi connectivity index (χ1n) is 5.43. The summed E-state index contributed by atoms with van der Waals surface area (Å²) < 4.78 is 78.2. The van der Waals surface area contributed by atoms with Crippen molar-refractivity contribution in [2.75, 3.05) is 13.3 Å². The monoisotopic (exact) mass is 316 g/mol.